The van der Waals surface area contributed by atoms with Gasteiger partial charge in [0.1, 0.15) is 18.2 Å². The second kappa shape index (κ2) is 7.99. The first-order valence-corrected chi connectivity index (χ1v) is 8.56. The lowest BCUT2D eigenvalue weighted by Gasteiger charge is -2.25. The van der Waals surface area contributed by atoms with Crippen molar-refractivity contribution >= 4 is 0 Å². The minimum Gasteiger partial charge on any atom is -0.486 e. The Morgan fingerprint density at radius 3 is 2.44 bits per heavy atom. The van der Waals surface area contributed by atoms with E-state index in [9.17, 15) is 0 Å². The molecule has 2 aromatic carbocycles. The number of nitrogens with zero attached hydrogens (tertiary/aromatic N) is 3. The van der Waals surface area contributed by atoms with Crippen molar-refractivity contribution in [2.24, 2.45) is 7.05 Å². The predicted molar refractivity (Wildman–Crippen MR) is 100 cm³/mol. The Bertz CT molecular complexity index is 780. The highest BCUT2D eigenvalue weighted by Crippen LogP contribution is 2.21. The zero-order valence-electron chi connectivity index (χ0n) is 15.1. The van der Waals surface area contributed by atoms with Crippen molar-refractivity contribution < 1.29 is 4.74 Å². The molecular formula is C21H25N3O. The van der Waals surface area contributed by atoms with Crippen molar-refractivity contribution in [1.29, 1.82) is 0 Å². The van der Waals surface area contributed by atoms with Gasteiger partial charge in [0.2, 0.25) is 0 Å². The summed E-state index contributed by atoms with van der Waals surface area (Å²) in [7, 11) is 4.13. The van der Waals surface area contributed by atoms with Crippen LogP contribution in [-0.2, 0) is 20.2 Å². The molecule has 0 saturated heterocycles. The van der Waals surface area contributed by atoms with Gasteiger partial charge in [-0.05, 0) is 37.2 Å². The summed E-state index contributed by atoms with van der Waals surface area (Å²) in [5, 5.41) is 0. The lowest BCUT2D eigenvalue weighted by molar-refractivity contribution is 0.252. The number of benzene rings is 2. The highest BCUT2D eigenvalue weighted by atomic mass is 16.5. The fourth-order valence-electron chi connectivity index (χ4n) is 2.79. The molecule has 0 fully saturated rings. The molecule has 25 heavy (non-hydrogen) atoms. The normalized spacial score (nSPS) is 12.3. The van der Waals surface area contributed by atoms with E-state index >= 15 is 0 Å². The molecule has 3 aromatic rings. The second-order valence-electron chi connectivity index (χ2n) is 6.39. The summed E-state index contributed by atoms with van der Waals surface area (Å²) in [6, 6.07) is 19.3. The summed E-state index contributed by atoms with van der Waals surface area (Å²) in [6.45, 7) is 3.61. The number of rotatable bonds is 7. The molecule has 1 heterocycles. The molecule has 0 saturated carbocycles. The molecule has 0 bridgehead atoms. The molecule has 0 N–H and O–H groups in total. The third-order valence-corrected chi connectivity index (χ3v) is 4.59. The number of hydrogen-bond donors (Lipinski definition) is 0. The van der Waals surface area contributed by atoms with Crippen molar-refractivity contribution in [1.82, 2.24) is 14.5 Å². The number of hydrogen-bond acceptors (Lipinski definition) is 3. The van der Waals surface area contributed by atoms with E-state index in [1.165, 1.54) is 11.1 Å². The van der Waals surface area contributed by atoms with Crippen LogP contribution in [0.3, 0.4) is 0 Å². The Morgan fingerprint density at radius 1 is 1.08 bits per heavy atom. The van der Waals surface area contributed by atoms with Crippen LogP contribution in [0.15, 0.2) is 67.0 Å². The van der Waals surface area contributed by atoms with E-state index in [0.29, 0.717) is 12.6 Å². The first kappa shape index (κ1) is 17.2. The van der Waals surface area contributed by atoms with Crippen LogP contribution in [0.2, 0.25) is 0 Å². The standard InChI is InChI=1S/C21H25N3O/c1-17(19-7-5-4-6-8-19)24(3)15-18-9-11-20(12-10-18)25-16-21-22-13-14-23(21)2/h4-14,17H,15-16H2,1-3H3. The third kappa shape index (κ3) is 4.48. The number of aryl methyl sites for hydroxylation is 1. The smallest absolute Gasteiger partial charge is 0.146 e. The minimum atomic E-state index is 0.376. The van der Waals surface area contributed by atoms with E-state index in [1.807, 2.05) is 29.9 Å². The zero-order valence-corrected chi connectivity index (χ0v) is 15.1. The van der Waals surface area contributed by atoms with E-state index in [2.05, 4.69) is 66.3 Å². The van der Waals surface area contributed by atoms with Crippen LogP contribution < -0.4 is 4.74 Å². The van der Waals surface area contributed by atoms with Crippen LogP contribution in [0.1, 0.15) is 29.9 Å². The first-order valence-electron chi connectivity index (χ1n) is 8.56. The number of imidazole rings is 1. The largest absolute Gasteiger partial charge is 0.486 e. The minimum absolute atomic E-state index is 0.376. The fourth-order valence-corrected chi connectivity index (χ4v) is 2.79. The first-order chi connectivity index (χ1) is 12.1. The molecule has 4 nitrogen and oxygen atoms in total. The molecule has 4 heteroatoms. The molecule has 0 amide bonds. The predicted octanol–water partition coefficient (Wildman–Crippen LogP) is 4.19. The van der Waals surface area contributed by atoms with E-state index < -0.39 is 0 Å². The van der Waals surface area contributed by atoms with Gasteiger partial charge in [0.15, 0.2) is 0 Å². The highest BCUT2D eigenvalue weighted by Gasteiger charge is 2.11. The van der Waals surface area contributed by atoms with Crippen LogP contribution >= 0.6 is 0 Å². The number of aromatic nitrogens is 2. The van der Waals surface area contributed by atoms with Gasteiger partial charge in [0.05, 0.1) is 0 Å². The maximum absolute atomic E-state index is 5.81. The van der Waals surface area contributed by atoms with Gasteiger partial charge >= 0.3 is 0 Å². The monoisotopic (exact) mass is 335 g/mol. The summed E-state index contributed by atoms with van der Waals surface area (Å²) in [5.74, 6) is 1.78. The Balaban J connectivity index is 1.56. The summed E-state index contributed by atoms with van der Waals surface area (Å²) < 4.78 is 7.78. The van der Waals surface area contributed by atoms with Gasteiger partial charge in [-0.3, -0.25) is 4.90 Å². The molecule has 1 aromatic heterocycles. The van der Waals surface area contributed by atoms with Crippen LogP contribution in [-0.4, -0.2) is 21.5 Å². The van der Waals surface area contributed by atoms with Crippen LogP contribution in [0, 0.1) is 0 Å². The Hall–Kier alpha value is -2.59. The van der Waals surface area contributed by atoms with E-state index in [1.54, 1.807) is 6.20 Å². The van der Waals surface area contributed by atoms with Crippen molar-refractivity contribution in [3.8, 4) is 5.75 Å². The molecule has 3 rings (SSSR count). The van der Waals surface area contributed by atoms with Crippen LogP contribution in [0.25, 0.3) is 0 Å². The van der Waals surface area contributed by atoms with Crippen molar-refractivity contribution in [3.63, 3.8) is 0 Å². The van der Waals surface area contributed by atoms with Crippen LogP contribution in [0.5, 0.6) is 5.75 Å². The van der Waals surface area contributed by atoms with Gasteiger partial charge in [-0.25, -0.2) is 4.98 Å². The Labute approximate surface area is 149 Å². The Morgan fingerprint density at radius 2 is 1.80 bits per heavy atom. The maximum Gasteiger partial charge on any atom is 0.146 e. The van der Waals surface area contributed by atoms with Crippen LogP contribution in [0.4, 0.5) is 0 Å². The fraction of sp³-hybridized carbons (Fsp3) is 0.286. The lowest BCUT2D eigenvalue weighted by Crippen LogP contribution is -2.21. The topological polar surface area (TPSA) is 30.3 Å². The van der Waals surface area contributed by atoms with Gasteiger partial charge in [-0.1, -0.05) is 42.5 Å². The lowest BCUT2D eigenvalue weighted by atomic mass is 10.1. The number of ether oxygens (including phenoxy) is 1. The van der Waals surface area contributed by atoms with Gasteiger partial charge in [-0.2, -0.15) is 0 Å². The quantitative estimate of drug-likeness (QED) is 0.648. The van der Waals surface area contributed by atoms with E-state index in [0.717, 1.165) is 18.1 Å². The molecule has 1 unspecified atom stereocenters. The zero-order chi connectivity index (χ0) is 17.6. The van der Waals surface area contributed by atoms with Crippen molar-refractivity contribution in [2.75, 3.05) is 7.05 Å². The molecule has 0 radical (unpaired) electrons. The molecule has 0 aliphatic rings. The molecule has 130 valence electrons. The average Bonchev–Trinajstić information content (AvgIpc) is 3.06. The SMILES string of the molecule is CC(c1ccccc1)N(C)Cc1ccc(OCc2nccn2C)cc1. The molecule has 0 aliphatic heterocycles. The summed E-state index contributed by atoms with van der Waals surface area (Å²) >= 11 is 0. The molecular weight excluding hydrogens is 310 g/mol. The van der Waals surface area contributed by atoms with E-state index in [4.69, 9.17) is 4.74 Å². The summed E-state index contributed by atoms with van der Waals surface area (Å²) in [4.78, 5) is 6.61. The van der Waals surface area contributed by atoms with Gasteiger partial charge < -0.3 is 9.30 Å². The molecule has 1 atom stereocenters. The van der Waals surface area contributed by atoms with Gasteiger partial charge in [0.25, 0.3) is 0 Å². The Kier molecular flexibility index (Phi) is 5.51. The maximum atomic E-state index is 5.81. The summed E-state index contributed by atoms with van der Waals surface area (Å²) in [6.07, 6.45) is 3.71. The second-order valence-corrected chi connectivity index (χ2v) is 6.39. The molecule has 0 spiro atoms. The highest BCUT2D eigenvalue weighted by molar-refractivity contribution is 5.27. The van der Waals surface area contributed by atoms with E-state index in [-0.39, 0.29) is 0 Å². The van der Waals surface area contributed by atoms with Crippen molar-refractivity contribution in [2.45, 2.75) is 26.1 Å². The average molecular weight is 335 g/mol. The van der Waals surface area contributed by atoms with Gasteiger partial charge in [-0.15, -0.1) is 0 Å². The third-order valence-electron chi connectivity index (χ3n) is 4.59. The summed E-state index contributed by atoms with van der Waals surface area (Å²) in [5.41, 5.74) is 2.61. The van der Waals surface area contributed by atoms with Gasteiger partial charge in [0, 0.05) is 32.0 Å². The molecule has 0 aliphatic carbocycles. The van der Waals surface area contributed by atoms with Crippen molar-refractivity contribution in [3.05, 3.63) is 83.9 Å².